The minimum Gasteiger partial charge on any atom is -0.320 e. The average Bonchev–Trinajstić information content (AvgIpc) is 2.33. The molecule has 2 N–H and O–H groups in total. The molecule has 0 bridgehead atoms. The molecular weight excluding hydrogens is 156 g/mol. The van der Waals surface area contributed by atoms with Crippen molar-refractivity contribution in [2.75, 3.05) is 0 Å². The lowest BCUT2D eigenvalue weighted by molar-refractivity contribution is 0.857. The van der Waals surface area contributed by atoms with Gasteiger partial charge in [-0.3, -0.25) is 0 Å². The van der Waals surface area contributed by atoms with Crippen LogP contribution < -0.4 is 5.73 Å². The SMILES string of the molecule is C=C(C)C(N)c1scnc1C. The van der Waals surface area contributed by atoms with Crippen molar-refractivity contribution >= 4 is 11.3 Å². The highest BCUT2D eigenvalue weighted by Crippen LogP contribution is 2.23. The molecule has 1 aromatic rings. The Bertz CT molecular complexity index is 265. The Morgan fingerprint density at radius 1 is 1.82 bits per heavy atom. The molecule has 0 radical (unpaired) electrons. The van der Waals surface area contributed by atoms with Gasteiger partial charge in [-0.15, -0.1) is 11.3 Å². The molecule has 0 aliphatic heterocycles. The Kier molecular flexibility index (Phi) is 2.42. The van der Waals surface area contributed by atoms with Gasteiger partial charge in [-0.1, -0.05) is 12.2 Å². The zero-order chi connectivity index (χ0) is 8.43. The minimum atomic E-state index is -0.0394. The minimum absolute atomic E-state index is 0.0394. The molecule has 0 spiro atoms. The lowest BCUT2D eigenvalue weighted by atomic mass is 10.1. The molecule has 11 heavy (non-hydrogen) atoms. The van der Waals surface area contributed by atoms with E-state index < -0.39 is 0 Å². The van der Waals surface area contributed by atoms with E-state index in [2.05, 4.69) is 11.6 Å². The van der Waals surface area contributed by atoms with E-state index in [-0.39, 0.29) is 6.04 Å². The summed E-state index contributed by atoms with van der Waals surface area (Å²) in [6.07, 6.45) is 0. The van der Waals surface area contributed by atoms with Crippen molar-refractivity contribution in [2.45, 2.75) is 19.9 Å². The van der Waals surface area contributed by atoms with Crippen LogP contribution in [-0.4, -0.2) is 4.98 Å². The Labute approximate surface area is 70.8 Å². The van der Waals surface area contributed by atoms with Crippen LogP contribution in [0.1, 0.15) is 23.5 Å². The van der Waals surface area contributed by atoms with Crippen molar-refractivity contribution in [3.63, 3.8) is 0 Å². The molecule has 1 aromatic heterocycles. The summed E-state index contributed by atoms with van der Waals surface area (Å²) in [5, 5.41) is 0. The molecule has 1 heterocycles. The van der Waals surface area contributed by atoms with Crippen LogP contribution in [0, 0.1) is 6.92 Å². The summed E-state index contributed by atoms with van der Waals surface area (Å²) in [6, 6.07) is -0.0394. The van der Waals surface area contributed by atoms with Crippen LogP contribution in [0.5, 0.6) is 0 Å². The van der Waals surface area contributed by atoms with E-state index in [0.29, 0.717) is 0 Å². The van der Waals surface area contributed by atoms with E-state index in [1.54, 1.807) is 11.3 Å². The monoisotopic (exact) mass is 168 g/mol. The van der Waals surface area contributed by atoms with Crippen LogP contribution in [0.2, 0.25) is 0 Å². The third-order valence-corrected chi connectivity index (χ3v) is 2.61. The van der Waals surface area contributed by atoms with Crippen LogP contribution in [0.15, 0.2) is 17.7 Å². The normalized spacial score (nSPS) is 13.0. The first-order chi connectivity index (χ1) is 5.13. The molecule has 1 atom stereocenters. The van der Waals surface area contributed by atoms with E-state index in [1.807, 2.05) is 19.4 Å². The maximum absolute atomic E-state index is 5.85. The summed E-state index contributed by atoms with van der Waals surface area (Å²) in [5.74, 6) is 0. The quantitative estimate of drug-likeness (QED) is 0.686. The van der Waals surface area contributed by atoms with Crippen LogP contribution in [0.4, 0.5) is 0 Å². The summed E-state index contributed by atoms with van der Waals surface area (Å²) in [6.45, 7) is 7.71. The van der Waals surface area contributed by atoms with E-state index in [0.717, 1.165) is 16.1 Å². The van der Waals surface area contributed by atoms with Gasteiger partial charge in [-0.2, -0.15) is 0 Å². The maximum atomic E-state index is 5.85. The molecule has 0 aliphatic carbocycles. The van der Waals surface area contributed by atoms with Gasteiger partial charge in [0.1, 0.15) is 0 Å². The van der Waals surface area contributed by atoms with Crippen molar-refractivity contribution in [3.05, 3.63) is 28.2 Å². The van der Waals surface area contributed by atoms with Gasteiger partial charge in [0.05, 0.1) is 17.2 Å². The smallest absolute Gasteiger partial charge is 0.0798 e. The van der Waals surface area contributed by atoms with Gasteiger partial charge in [0.25, 0.3) is 0 Å². The number of nitrogens with two attached hydrogens (primary N) is 1. The van der Waals surface area contributed by atoms with Gasteiger partial charge in [0.2, 0.25) is 0 Å². The molecule has 1 unspecified atom stereocenters. The lowest BCUT2D eigenvalue weighted by Crippen LogP contribution is -2.10. The van der Waals surface area contributed by atoms with Gasteiger partial charge in [-0.05, 0) is 13.8 Å². The predicted molar refractivity (Wildman–Crippen MR) is 48.6 cm³/mol. The zero-order valence-electron chi connectivity index (χ0n) is 6.79. The number of aromatic nitrogens is 1. The topological polar surface area (TPSA) is 38.9 Å². The number of hydrogen-bond acceptors (Lipinski definition) is 3. The zero-order valence-corrected chi connectivity index (χ0v) is 7.61. The molecule has 0 saturated heterocycles. The highest BCUT2D eigenvalue weighted by molar-refractivity contribution is 7.09. The van der Waals surface area contributed by atoms with Crippen molar-refractivity contribution in [1.29, 1.82) is 0 Å². The second kappa shape index (κ2) is 3.15. The third kappa shape index (κ3) is 1.67. The van der Waals surface area contributed by atoms with Gasteiger partial charge in [0, 0.05) is 4.88 Å². The fourth-order valence-corrected chi connectivity index (χ4v) is 1.73. The number of aryl methyl sites for hydroxylation is 1. The summed E-state index contributed by atoms with van der Waals surface area (Å²) >= 11 is 1.59. The Morgan fingerprint density at radius 3 is 2.82 bits per heavy atom. The van der Waals surface area contributed by atoms with E-state index >= 15 is 0 Å². The van der Waals surface area contributed by atoms with Crippen LogP contribution in [0.25, 0.3) is 0 Å². The first kappa shape index (κ1) is 8.43. The van der Waals surface area contributed by atoms with Crippen molar-refractivity contribution in [1.82, 2.24) is 4.98 Å². The molecule has 60 valence electrons. The fraction of sp³-hybridized carbons (Fsp3) is 0.375. The van der Waals surface area contributed by atoms with Crippen molar-refractivity contribution < 1.29 is 0 Å². The highest BCUT2D eigenvalue weighted by atomic mass is 32.1. The molecule has 0 aliphatic rings. The fourth-order valence-electron chi connectivity index (χ4n) is 0.833. The van der Waals surface area contributed by atoms with Crippen molar-refractivity contribution in [2.24, 2.45) is 5.73 Å². The molecular formula is C8H12N2S. The second-order valence-electron chi connectivity index (χ2n) is 2.63. The predicted octanol–water partition coefficient (Wildman–Crippen LogP) is 2.03. The van der Waals surface area contributed by atoms with Crippen LogP contribution in [0.3, 0.4) is 0 Å². The van der Waals surface area contributed by atoms with E-state index in [1.165, 1.54) is 0 Å². The summed E-state index contributed by atoms with van der Waals surface area (Å²) in [5.41, 5.74) is 9.67. The number of thiazole rings is 1. The molecule has 0 aromatic carbocycles. The Morgan fingerprint density at radius 2 is 2.45 bits per heavy atom. The molecule has 1 rings (SSSR count). The van der Waals surface area contributed by atoms with Crippen molar-refractivity contribution in [3.8, 4) is 0 Å². The van der Waals surface area contributed by atoms with Gasteiger partial charge in [-0.25, -0.2) is 4.98 Å². The van der Waals surface area contributed by atoms with Gasteiger partial charge in [0.15, 0.2) is 0 Å². The second-order valence-corrected chi connectivity index (χ2v) is 3.51. The molecule has 0 amide bonds. The number of nitrogens with zero attached hydrogens (tertiary/aromatic N) is 1. The summed E-state index contributed by atoms with van der Waals surface area (Å²) in [7, 11) is 0. The van der Waals surface area contributed by atoms with Crippen LogP contribution >= 0.6 is 11.3 Å². The van der Waals surface area contributed by atoms with E-state index in [4.69, 9.17) is 5.73 Å². The first-order valence-corrected chi connectivity index (χ1v) is 4.32. The average molecular weight is 168 g/mol. The van der Waals surface area contributed by atoms with E-state index in [9.17, 15) is 0 Å². The Hall–Kier alpha value is -0.670. The lowest BCUT2D eigenvalue weighted by Gasteiger charge is -2.08. The molecule has 0 fully saturated rings. The highest BCUT2D eigenvalue weighted by Gasteiger charge is 2.10. The standard InChI is InChI=1S/C8H12N2S/c1-5(2)7(9)8-6(3)10-4-11-8/h4,7H,1,9H2,2-3H3. The summed E-state index contributed by atoms with van der Waals surface area (Å²) in [4.78, 5) is 5.24. The first-order valence-electron chi connectivity index (χ1n) is 3.44. The number of hydrogen-bond donors (Lipinski definition) is 1. The Balaban J connectivity index is 2.92. The summed E-state index contributed by atoms with van der Waals surface area (Å²) < 4.78 is 0. The van der Waals surface area contributed by atoms with Crippen LogP contribution in [-0.2, 0) is 0 Å². The largest absolute Gasteiger partial charge is 0.320 e. The molecule has 3 heteroatoms. The molecule has 0 saturated carbocycles. The third-order valence-electron chi connectivity index (χ3n) is 1.60. The molecule has 2 nitrogen and oxygen atoms in total. The van der Waals surface area contributed by atoms with Gasteiger partial charge >= 0.3 is 0 Å². The van der Waals surface area contributed by atoms with Gasteiger partial charge < -0.3 is 5.73 Å². The number of rotatable bonds is 2. The maximum Gasteiger partial charge on any atom is 0.0798 e.